The number of nitrogens with one attached hydrogen (secondary N) is 2. The highest BCUT2D eigenvalue weighted by Crippen LogP contribution is 2.19. The number of sulfonamides is 1. The molecule has 1 aromatic heterocycles. The van der Waals surface area contributed by atoms with Crippen LogP contribution >= 0.6 is 0 Å². The van der Waals surface area contributed by atoms with E-state index in [2.05, 4.69) is 15.0 Å². The van der Waals surface area contributed by atoms with Gasteiger partial charge in [-0.1, -0.05) is 18.2 Å². The van der Waals surface area contributed by atoms with E-state index in [1.54, 1.807) is 12.3 Å². The van der Waals surface area contributed by atoms with E-state index in [-0.39, 0.29) is 23.0 Å². The maximum absolute atomic E-state index is 13.7. The van der Waals surface area contributed by atoms with Gasteiger partial charge in [-0.25, -0.2) is 17.8 Å². The van der Waals surface area contributed by atoms with Crippen LogP contribution in [0.5, 0.6) is 0 Å². The third-order valence-corrected chi connectivity index (χ3v) is 5.66. The Hall–Kier alpha value is -3.46. The van der Waals surface area contributed by atoms with E-state index in [0.29, 0.717) is 5.56 Å². The SMILES string of the molecule is CN(C)c1ncccc1CNC(=O)c1ccc(S(=O)(=O)Nc2ccccc2F)cc1. The molecule has 0 aliphatic rings. The van der Waals surface area contributed by atoms with E-state index in [4.69, 9.17) is 0 Å². The summed E-state index contributed by atoms with van der Waals surface area (Å²) in [6.45, 7) is 0.273. The average Bonchev–Trinajstić information content (AvgIpc) is 2.74. The number of carbonyl (C=O) groups is 1. The lowest BCUT2D eigenvalue weighted by Crippen LogP contribution is -2.24. The number of hydrogen-bond donors (Lipinski definition) is 2. The largest absolute Gasteiger partial charge is 0.362 e. The molecular formula is C21H21FN4O3S. The lowest BCUT2D eigenvalue weighted by Gasteiger charge is -2.16. The summed E-state index contributed by atoms with van der Waals surface area (Å²) in [7, 11) is -0.258. The molecule has 0 unspecified atom stereocenters. The molecule has 3 rings (SSSR count). The van der Waals surface area contributed by atoms with Crippen LogP contribution in [0.2, 0.25) is 0 Å². The average molecular weight is 428 g/mol. The summed E-state index contributed by atoms with van der Waals surface area (Å²) in [5, 5.41) is 2.80. The zero-order valence-corrected chi connectivity index (χ0v) is 17.3. The van der Waals surface area contributed by atoms with Crippen LogP contribution in [0.15, 0.2) is 71.8 Å². The predicted octanol–water partition coefficient (Wildman–Crippen LogP) is 3.02. The number of carbonyl (C=O) groups excluding carboxylic acids is 1. The summed E-state index contributed by atoms with van der Waals surface area (Å²) >= 11 is 0. The van der Waals surface area contributed by atoms with Gasteiger partial charge in [-0.2, -0.15) is 0 Å². The Balaban J connectivity index is 1.69. The van der Waals surface area contributed by atoms with Crippen LogP contribution in [0.1, 0.15) is 15.9 Å². The second-order valence-electron chi connectivity index (χ2n) is 6.67. The monoisotopic (exact) mass is 428 g/mol. The van der Waals surface area contributed by atoms with Crippen LogP contribution in [-0.4, -0.2) is 33.4 Å². The number of benzene rings is 2. The van der Waals surface area contributed by atoms with Crippen molar-refractivity contribution in [3.05, 3.63) is 83.8 Å². The Morgan fingerprint density at radius 1 is 1.03 bits per heavy atom. The zero-order chi connectivity index (χ0) is 21.7. The highest BCUT2D eigenvalue weighted by molar-refractivity contribution is 7.92. The molecule has 1 heterocycles. The highest BCUT2D eigenvalue weighted by atomic mass is 32.2. The first-order valence-corrected chi connectivity index (χ1v) is 10.5. The van der Waals surface area contributed by atoms with Crippen LogP contribution in [0.25, 0.3) is 0 Å². The van der Waals surface area contributed by atoms with Crippen molar-refractivity contribution in [2.24, 2.45) is 0 Å². The van der Waals surface area contributed by atoms with Gasteiger partial charge in [0.15, 0.2) is 0 Å². The van der Waals surface area contributed by atoms with Crippen molar-refractivity contribution in [2.75, 3.05) is 23.7 Å². The molecule has 9 heteroatoms. The van der Waals surface area contributed by atoms with E-state index in [0.717, 1.165) is 17.4 Å². The van der Waals surface area contributed by atoms with Crippen molar-refractivity contribution in [3.63, 3.8) is 0 Å². The summed E-state index contributed by atoms with van der Waals surface area (Å²) in [6, 6.07) is 14.5. The maximum Gasteiger partial charge on any atom is 0.261 e. The standard InChI is InChI=1S/C21H21FN4O3S/c1-26(2)20-16(6-5-13-23-20)14-24-21(27)15-9-11-17(12-10-15)30(28,29)25-19-8-4-3-7-18(19)22/h3-13,25H,14H2,1-2H3,(H,24,27). The number of nitrogens with zero attached hydrogens (tertiary/aromatic N) is 2. The minimum atomic E-state index is -3.98. The molecule has 156 valence electrons. The molecule has 0 fully saturated rings. The van der Waals surface area contributed by atoms with Gasteiger partial charge < -0.3 is 10.2 Å². The summed E-state index contributed by atoms with van der Waals surface area (Å²) in [6.07, 6.45) is 1.68. The van der Waals surface area contributed by atoms with Gasteiger partial charge in [0.2, 0.25) is 0 Å². The number of para-hydroxylation sites is 1. The first-order valence-electron chi connectivity index (χ1n) is 9.05. The van der Waals surface area contributed by atoms with Gasteiger partial charge in [0.1, 0.15) is 11.6 Å². The highest BCUT2D eigenvalue weighted by Gasteiger charge is 2.17. The van der Waals surface area contributed by atoms with E-state index in [1.165, 1.54) is 42.5 Å². The van der Waals surface area contributed by atoms with Gasteiger partial charge in [-0.05, 0) is 42.5 Å². The zero-order valence-electron chi connectivity index (χ0n) is 16.5. The van der Waals surface area contributed by atoms with Crippen LogP contribution in [-0.2, 0) is 16.6 Å². The first-order chi connectivity index (χ1) is 14.3. The van der Waals surface area contributed by atoms with Gasteiger partial charge in [0.05, 0.1) is 10.6 Å². The van der Waals surface area contributed by atoms with Crippen LogP contribution < -0.4 is 14.9 Å². The first kappa shape index (κ1) is 21.3. The van der Waals surface area contributed by atoms with E-state index in [1.807, 2.05) is 25.1 Å². The van der Waals surface area contributed by atoms with Gasteiger partial charge in [-0.3, -0.25) is 9.52 Å². The Morgan fingerprint density at radius 3 is 2.40 bits per heavy atom. The molecule has 2 N–H and O–H groups in total. The van der Waals surface area contributed by atoms with Gasteiger partial charge in [-0.15, -0.1) is 0 Å². The molecule has 0 radical (unpaired) electrons. The lowest BCUT2D eigenvalue weighted by molar-refractivity contribution is 0.0951. The molecule has 30 heavy (non-hydrogen) atoms. The Kier molecular flexibility index (Phi) is 6.31. The van der Waals surface area contributed by atoms with Crippen LogP contribution in [0.3, 0.4) is 0 Å². The number of rotatable bonds is 7. The molecule has 7 nitrogen and oxygen atoms in total. The van der Waals surface area contributed by atoms with Crippen molar-refractivity contribution in [1.29, 1.82) is 0 Å². The van der Waals surface area contributed by atoms with Crippen molar-refractivity contribution in [1.82, 2.24) is 10.3 Å². The summed E-state index contributed by atoms with van der Waals surface area (Å²) in [5.74, 6) is -0.280. The molecule has 0 aliphatic carbocycles. The molecule has 0 aliphatic heterocycles. The van der Waals surface area contributed by atoms with Crippen molar-refractivity contribution < 1.29 is 17.6 Å². The lowest BCUT2D eigenvalue weighted by atomic mass is 10.2. The van der Waals surface area contributed by atoms with Gasteiger partial charge in [0, 0.05) is 38.0 Å². The molecule has 0 spiro atoms. The van der Waals surface area contributed by atoms with E-state index >= 15 is 0 Å². The fourth-order valence-electron chi connectivity index (χ4n) is 2.78. The van der Waals surface area contributed by atoms with Gasteiger partial charge in [0.25, 0.3) is 15.9 Å². The second-order valence-corrected chi connectivity index (χ2v) is 8.36. The predicted molar refractivity (Wildman–Crippen MR) is 113 cm³/mol. The summed E-state index contributed by atoms with van der Waals surface area (Å²) in [5.41, 5.74) is 1.01. The number of halogens is 1. The molecule has 3 aromatic rings. The second kappa shape index (κ2) is 8.91. The molecule has 0 saturated heterocycles. The molecule has 0 atom stereocenters. The smallest absolute Gasteiger partial charge is 0.261 e. The number of pyridine rings is 1. The van der Waals surface area contributed by atoms with Crippen molar-refractivity contribution in [3.8, 4) is 0 Å². The van der Waals surface area contributed by atoms with E-state index in [9.17, 15) is 17.6 Å². The Morgan fingerprint density at radius 2 is 1.73 bits per heavy atom. The fourth-order valence-corrected chi connectivity index (χ4v) is 3.85. The minimum absolute atomic E-state index is 0.0792. The Labute approximate surface area is 174 Å². The van der Waals surface area contributed by atoms with Crippen LogP contribution in [0, 0.1) is 5.82 Å². The minimum Gasteiger partial charge on any atom is -0.362 e. The molecule has 0 bridgehead atoms. The number of anilines is 2. The van der Waals surface area contributed by atoms with Gasteiger partial charge >= 0.3 is 0 Å². The number of hydrogen-bond acceptors (Lipinski definition) is 5. The molecule has 1 amide bonds. The van der Waals surface area contributed by atoms with Crippen molar-refractivity contribution in [2.45, 2.75) is 11.4 Å². The number of aromatic nitrogens is 1. The summed E-state index contributed by atoms with van der Waals surface area (Å²) in [4.78, 5) is 18.5. The fraction of sp³-hybridized carbons (Fsp3) is 0.143. The summed E-state index contributed by atoms with van der Waals surface area (Å²) < 4.78 is 40.8. The molecular weight excluding hydrogens is 407 g/mol. The van der Waals surface area contributed by atoms with Crippen molar-refractivity contribution >= 4 is 27.4 Å². The quantitative estimate of drug-likeness (QED) is 0.604. The molecule has 0 saturated carbocycles. The third kappa shape index (κ3) is 4.93. The third-order valence-electron chi connectivity index (χ3n) is 4.28. The maximum atomic E-state index is 13.7. The Bertz CT molecular complexity index is 1150. The van der Waals surface area contributed by atoms with Crippen LogP contribution in [0.4, 0.5) is 15.9 Å². The van der Waals surface area contributed by atoms with E-state index < -0.39 is 15.8 Å². The normalized spacial score (nSPS) is 11.0. The number of amides is 1. The molecule has 2 aromatic carbocycles. The topological polar surface area (TPSA) is 91.4 Å².